The molecule has 4 rings (SSSR count). The third-order valence-electron chi connectivity index (χ3n) is 5.02. The number of rotatable bonds is 1. The van der Waals surface area contributed by atoms with E-state index >= 15 is 0 Å². The van der Waals surface area contributed by atoms with Gasteiger partial charge < -0.3 is 4.57 Å². The second kappa shape index (κ2) is 4.94. The Balaban J connectivity index is 1.65. The van der Waals surface area contributed by atoms with Gasteiger partial charge in [-0.2, -0.15) is 0 Å². The van der Waals surface area contributed by atoms with Gasteiger partial charge in [-0.25, -0.2) is 9.78 Å². The number of hydrogen-bond donors (Lipinski definition) is 1. The van der Waals surface area contributed by atoms with E-state index in [4.69, 9.17) is 0 Å². The second-order valence-electron chi connectivity index (χ2n) is 6.36. The zero-order valence-corrected chi connectivity index (χ0v) is 13.0. The summed E-state index contributed by atoms with van der Waals surface area (Å²) in [6.07, 6.45) is 6.48. The fourth-order valence-corrected chi connectivity index (χ4v) is 3.60. The Kier molecular flexibility index (Phi) is 3.01. The number of hydrogen-bond acceptors (Lipinski definition) is 3. The molecule has 0 saturated heterocycles. The summed E-state index contributed by atoms with van der Waals surface area (Å²) < 4.78 is 1.40. The van der Waals surface area contributed by atoms with E-state index in [0.29, 0.717) is 6.54 Å². The molecule has 1 saturated carbocycles. The van der Waals surface area contributed by atoms with Crippen LogP contribution in [0.15, 0.2) is 41.5 Å². The summed E-state index contributed by atoms with van der Waals surface area (Å²) >= 11 is 0. The van der Waals surface area contributed by atoms with Crippen LogP contribution in [0.2, 0.25) is 0 Å². The minimum atomic E-state index is -0.313. The molecule has 6 nitrogen and oxygen atoms in total. The van der Waals surface area contributed by atoms with Crippen molar-refractivity contribution in [1.29, 1.82) is 0 Å². The van der Waals surface area contributed by atoms with Crippen molar-refractivity contribution in [3.05, 3.63) is 52.6 Å². The fourth-order valence-electron chi connectivity index (χ4n) is 3.60. The van der Waals surface area contributed by atoms with Crippen LogP contribution in [0.3, 0.4) is 0 Å². The number of aryl methyl sites for hydroxylation is 1. The lowest BCUT2D eigenvalue weighted by Crippen LogP contribution is -2.43. The van der Waals surface area contributed by atoms with Crippen molar-refractivity contribution in [2.75, 3.05) is 16.8 Å². The molecule has 118 valence electrons. The first-order chi connectivity index (χ1) is 11.1. The molecule has 0 radical (unpaired) electrons. The molecule has 1 fully saturated rings. The number of carbonyl (C=O) groups is 1. The highest BCUT2D eigenvalue weighted by molar-refractivity contribution is 6.03. The Morgan fingerprint density at radius 1 is 1.30 bits per heavy atom. The van der Waals surface area contributed by atoms with E-state index < -0.39 is 0 Å². The average Bonchev–Trinajstić information content (AvgIpc) is 2.88. The lowest BCUT2D eigenvalue weighted by molar-refractivity contribution is 0.244. The van der Waals surface area contributed by atoms with Crippen LogP contribution < -0.4 is 15.8 Å². The number of benzene rings is 1. The molecule has 0 bridgehead atoms. The number of nitrogens with one attached hydrogen (secondary N) is 1. The summed E-state index contributed by atoms with van der Waals surface area (Å²) in [5.41, 5.74) is 1.97. The normalized spacial score (nSPS) is 17.7. The molecule has 1 spiro atoms. The Bertz CT molecular complexity index is 838. The Morgan fingerprint density at radius 2 is 2.09 bits per heavy atom. The lowest BCUT2D eigenvalue weighted by Gasteiger charge is -2.38. The van der Waals surface area contributed by atoms with Crippen LogP contribution in [0.1, 0.15) is 24.8 Å². The predicted molar refractivity (Wildman–Crippen MR) is 87.8 cm³/mol. The van der Waals surface area contributed by atoms with E-state index in [-0.39, 0.29) is 22.8 Å². The van der Waals surface area contributed by atoms with Crippen LogP contribution in [-0.4, -0.2) is 22.1 Å². The van der Waals surface area contributed by atoms with Gasteiger partial charge in [-0.15, -0.1) is 0 Å². The monoisotopic (exact) mass is 310 g/mol. The van der Waals surface area contributed by atoms with Crippen molar-refractivity contribution in [2.45, 2.75) is 24.7 Å². The highest BCUT2D eigenvalue weighted by Gasteiger charge is 2.48. The van der Waals surface area contributed by atoms with Crippen molar-refractivity contribution < 1.29 is 4.79 Å². The number of fused-ring (bicyclic) bond motifs is 2. The second-order valence-corrected chi connectivity index (χ2v) is 6.36. The van der Waals surface area contributed by atoms with Crippen LogP contribution in [0, 0.1) is 0 Å². The minimum Gasteiger partial charge on any atom is -0.314 e. The number of amides is 2. The molecule has 2 aliphatic rings. The molecule has 2 aromatic rings. The van der Waals surface area contributed by atoms with E-state index in [1.807, 2.05) is 18.2 Å². The van der Waals surface area contributed by atoms with E-state index in [0.717, 1.165) is 18.5 Å². The van der Waals surface area contributed by atoms with Crippen molar-refractivity contribution in [3.8, 4) is 0 Å². The average molecular weight is 310 g/mol. The number of nitrogens with zero attached hydrogens (tertiary/aromatic N) is 3. The molecule has 2 amide bonds. The third-order valence-corrected chi connectivity index (χ3v) is 5.02. The Hall–Kier alpha value is -2.63. The zero-order valence-electron chi connectivity index (χ0n) is 13.0. The standard InChI is InChI=1S/C17H18N4O2/c1-20-10-9-18-14(15(20)22)19-16(23)21-11-17(7-4-8-17)12-5-2-3-6-13(12)21/h2-3,5-6,9-10H,4,7-8,11H2,1H3,(H,18,19,23). The van der Waals surface area contributed by atoms with Crippen LogP contribution >= 0.6 is 0 Å². The molecule has 1 aromatic carbocycles. The first-order valence-electron chi connectivity index (χ1n) is 7.80. The van der Waals surface area contributed by atoms with Crippen molar-refractivity contribution in [3.63, 3.8) is 0 Å². The summed E-state index contributed by atoms with van der Waals surface area (Å²) in [6, 6.07) is 7.75. The smallest absolute Gasteiger partial charge is 0.314 e. The molecule has 0 atom stereocenters. The van der Waals surface area contributed by atoms with Crippen LogP contribution in [-0.2, 0) is 12.5 Å². The molecule has 6 heteroatoms. The van der Waals surface area contributed by atoms with Gasteiger partial charge in [0.25, 0.3) is 5.56 Å². The van der Waals surface area contributed by atoms with Crippen LogP contribution in [0.5, 0.6) is 0 Å². The maximum atomic E-state index is 12.7. The van der Waals surface area contributed by atoms with Gasteiger partial charge in [0.05, 0.1) is 0 Å². The van der Waals surface area contributed by atoms with Gasteiger partial charge in [-0.05, 0) is 24.5 Å². The summed E-state index contributed by atoms with van der Waals surface area (Å²) in [4.78, 5) is 30.4. The SMILES string of the molecule is Cn1ccnc(NC(=O)N2CC3(CCC3)c3ccccc32)c1=O. The molecule has 0 unspecified atom stereocenters. The van der Waals surface area contributed by atoms with Crippen molar-refractivity contribution >= 4 is 17.5 Å². The van der Waals surface area contributed by atoms with Crippen LogP contribution in [0.25, 0.3) is 0 Å². The maximum absolute atomic E-state index is 12.7. The van der Waals surface area contributed by atoms with Crippen molar-refractivity contribution in [1.82, 2.24) is 9.55 Å². The van der Waals surface area contributed by atoms with Gasteiger partial charge in [-0.1, -0.05) is 24.6 Å². The molecule has 1 aromatic heterocycles. The van der Waals surface area contributed by atoms with Gasteiger partial charge in [0, 0.05) is 37.1 Å². The number of aromatic nitrogens is 2. The minimum absolute atomic E-state index is 0.0621. The van der Waals surface area contributed by atoms with Gasteiger partial charge in [0.15, 0.2) is 0 Å². The molecule has 2 heterocycles. The molecule has 1 aliphatic carbocycles. The van der Waals surface area contributed by atoms with Crippen LogP contribution in [0.4, 0.5) is 16.3 Å². The van der Waals surface area contributed by atoms with E-state index in [1.54, 1.807) is 18.1 Å². The molecular formula is C17H18N4O2. The lowest BCUT2D eigenvalue weighted by atomic mass is 9.66. The molecule has 1 N–H and O–H groups in total. The van der Waals surface area contributed by atoms with Crippen molar-refractivity contribution in [2.24, 2.45) is 7.05 Å². The van der Waals surface area contributed by atoms with E-state index in [1.165, 1.54) is 22.7 Å². The zero-order chi connectivity index (χ0) is 16.0. The Morgan fingerprint density at radius 3 is 2.83 bits per heavy atom. The molecule has 1 aliphatic heterocycles. The largest absolute Gasteiger partial charge is 0.327 e. The van der Waals surface area contributed by atoms with Gasteiger partial charge >= 0.3 is 6.03 Å². The first-order valence-corrected chi connectivity index (χ1v) is 7.80. The quantitative estimate of drug-likeness (QED) is 0.878. The van der Waals surface area contributed by atoms with Gasteiger partial charge in [0.1, 0.15) is 0 Å². The van der Waals surface area contributed by atoms with E-state index in [2.05, 4.69) is 16.4 Å². The Labute approximate surface area is 133 Å². The number of anilines is 2. The van der Waals surface area contributed by atoms with Gasteiger partial charge in [0.2, 0.25) is 5.82 Å². The van der Waals surface area contributed by atoms with Gasteiger partial charge in [-0.3, -0.25) is 15.0 Å². The first kappa shape index (κ1) is 14.0. The summed E-state index contributed by atoms with van der Waals surface area (Å²) in [6.45, 7) is 0.672. The highest BCUT2D eigenvalue weighted by atomic mass is 16.2. The molecular weight excluding hydrogens is 292 g/mol. The third kappa shape index (κ3) is 2.05. The topological polar surface area (TPSA) is 67.2 Å². The fraction of sp³-hybridized carbons (Fsp3) is 0.353. The predicted octanol–water partition coefficient (Wildman–Crippen LogP) is 2.25. The number of urea groups is 1. The van der Waals surface area contributed by atoms with E-state index in [9.17, 15) is 9.59 Å². The maximum Gasteiger partial charge on any atom is 0.327 e. The summed E-state index contributed by atoms with van der Waals surface area (Å²) in [5.74, 6) is 0.0621. The number of para-hydroxylation sites is 1. The summed E-state index contributed by atoms with van der Waals surface area (Å²) in [5, 5.41) is 2.66. The summed E-state index contributed by atoms with van der Waals surface area (Å²) in [7, 11) is 1.63. The highest BCUT2D eigenvalue weighted by Crippen LogP contribution is 2.52. The number of carbonyl (C=O) groups excluding carboxylic acids is 1. The molecule has 23 heavy (non-hydrogen) atoms.